The maximum absolute atomic E-state index is 13.4. The molecule has 0 fully saturated rings. The van der Waals surface area contributed by atoms with E-state index in [0.717, 1.165) is 18.2 Å². The number of nitrogens with one attached hydrogen (secondary N) is 1. The third-order valence-corrected chi connectivity index (χ3v) is 2.82. The summed E-state index contributed by atoms with van der Waals surface area (Å²) in [5, 5.41) is 6.36. The van der Waals surface area contributed by atoms with Gasteiger partial charge in [-0.3, -0.25) is 9.48 Å². The Labute approximate surface area is 109 Å². The maximum Gasteiger partial charge on any atom is 0.259 e. The maximum atomic E-state index is 13.4. The lowest BCUT2D eigenvalue weighted by molar-refractivity contribution is 0.102. The highest BCUT2D eigenvalue weighted by atomic mass is 19.1. The first-order valence-electron chi connectivity index (χ1n) is 5.81. The second kappa shape index (κ2) is 5.17. The second-order valence-electron chi connectivity index (χ2n) is 4.04. The number of carbonyl (C=O) groups is 1. The largest absolute Gasteiger partial charge is 0.319 e. The molecule has 0 unspecified atom stereocenters. The SMILES string of the molecule is CCn1ncc(C(=O)Nc2cc(F)ccc2F)c1C. The quantitative estimate of drug-likeness (QED) is 0.927. The summed E-state index contributed by atoms with van der Waals surface area (Å²) < 4.78 is 28.1. The Morgan fingerprint density at radius 3 is 2.79 bits per heavy atom. The molecule has 2 rings (SSSR count). The molecule has 0 bridgehead atoms. The summed E-state index contributed by atoms with van der Waals surface area (Å²) in [7, 11) is 0. The summed E-state index contributed by atoms with van der Waals surface area (Å²) in [5.74, 6) is -1.81. The van der Waals surface area contributed by atoms with Crippen molar-refractivity contribution < 1.29 is 13.6 Å². The Balaban J connectivity index is 2.25. The Morgan fingerprint density at radius 2 is 2.16 bits per heavy atom. The minimum atomic E-state index is -0.685. The summed E-state index contributed by atoms with van der Waals surface area (Å²) >= 11 is 0. The van der Waals surface area contributed by atoms with E-state index in [1.165, 1.54) is 6.20 Å². The van der Waals surface area contributed by atoms with Gasteiger partial charge in [0.1, 0.15) is 11.6 Å². The number of carbonyl (C=O) groups excluding carboxylic acids is 1. The minimum Gasteiger partial charge on any atom is -0.319 e. The van der Waals surface area contributed by atoms with E-state index < -0.39 is 17.5 Å². The van der Waals surface area contributed by atoms with Crippen molar-refractivity contribution in [1.82, 2.24) is 9.78 Å². The van der Waals surface area contributed by atoms with Gasteiger partial charge in [0.25, 0.3) is 5.91 Å². The molecule has 0 aliphatic heterocycles. The van der Waals surface area contributed by atoms with Crippen LogP contribution in [0.15, 0.2) is 24.4 Å². The van der Waals surface area contributed by atoms with Crippen molar-refractivity contribution in [2.45, 2.75) is 20.4 Å². The highest BCUT2D eigenvalue weighted by Crippen LogP contribution is 2.17. The minimum absolute atomic E-state index is 0.186. The Hall–Kier alpha value is -2.24. The van der Waals surface area contributed by atoms with Crippen LogP contribution in [0.1, 0.15) is 23.0 Å². The van der Waals surface area contributed by atoms with Gasteiger partial charge >= 0.3 is 0 Å². The third-order valence-electron chi connectivity index (χ3n) is 2.82. The molecule has 19 heavy (non-hydrogen) atoms. The van der Waals surface area contributed by atoms with E-state index in [1.54, 1.807) is 11.6 Å². The molecule has 0 saturated carbocycles. The molecular formula is C13H13F2N3O. The van der Waals surface area contributed by atoms with E-state index in [9.17, 15) is 13.6 Å². The van der Waals surface area contributed by atoms with Crippen molar-refractivity contribution in [1.29, 1.82) is 0 Å². The highest BCUT2D eigenvalue weighted by Gasteiger charge is 2.15. The topological polar surface area (TPSA) is 46.9 Å². The first-order chi connectivity index (χ1) is 9.02. The molecule has 100 valence electrons. The fourth-order valence-corrected chi connectivity index (χ4v) is 1.77. The van der Waals surface area contributed by atoms with Crippen LogP contribution >= 0.6 is 0 Å². The fourth-order valence-electron chi connectivity index (χ4n) is 1.77. The number of anilines is 1. The van der Waals surface area contributed by atoms with Gasteiger partial charge in [-0.2, -0.15) is 5.10 Å². The van der Waals surface area contributed by atoms with Crippen LogP contribution in [-0.2, 0) is 6.54 Å². The summed E-state index contributed by atoms with van der Waals surface area (Å²) in [5.41, 5.74) is 0.830. The molecule has 1 N–H and O–H groups in total. The van der Waals surface area contributed by atoms with Crippen LogP contribution in [0.2, 0.25) is 0 Å². The molecule has 0 aliphatic carbocycles. The van der Waals surface area contributed by atoms with Gasteiger partial charge < -0.3 is 5.32 Å². The third kappa shape index (κ3) is 2.62. The summed E-state index contributed by atoms with van der Waals surface area (Å²) in [6, 6.07) is 2.89. The molecule has 2 aromatic rings. The lowest BCUT2D eigenvalue weighted by Gasteiger charge is -2.06. The molecule has 0 saturated heterocycles. The molecular weight excluding hydrogens is 252 g/mol. The molecule has 0 radical (unpaired) electrons. The van der Waals surface area contributed by atoms with Crippen molar-refractivity contribution >= 4 is 11.6 Å². The zero-order valence-electron chi connectivity index (χ0n) is 10.6. The van der Waals surface area contributed by atoms with Crippen molar-refractivity contribution in [3.05, 3.63) is 47.3 Å². The van der Waals surface area contributed by atoms with E-state index in [4.69, 9.17) is 0 Å². The monoisotopic (exact) mass is 265 g/mol. The van der Waals surface area contributed by atoms with Gasteiger partial charge in [0, 0.05) is 18.3 Å². The first-order valence-corrected chi connectivity index (χ1v) is 5.81. The smallest absolute Gasteiger partial charge is 0.259 e. The van der Waals surface area contributed by atoms with Gasteiger partial charge in [-0.05, 0) is 26.0 Å². The molecule has 0 spiro atoms. The average molecular weight is 265 g/mol. The Bertz CT molecular complexity index is 622. The molecule has 0 aliphatic rings. The van der Waals surface area contributed by atoms with E-state index in [1.807, 2.05) is 6.92 Å². The number of amides is 1. The number of hydrogen-bond donors (Lipinski definition) is 1. The normalized spacial score (nSPS) is 10.5. The van der Waals surface area contributed by atoms with Crippen LogP contribution in [0.4, 0.5) is 14.5 Å². The van der Waals surface area contributed by atoms with Gasteiger partial charge in [-0.1, -0.05) is 0 Å². The van der Waals surface area contributed by atoms with Crippen molar-refractivity contribution in [3.63, 3.8) is 0 Å². The molecule has 4 nitrogen and oxygen atoms in total. The van der Waals surface area contributed by atoms with Crippen LogP contribution in [-0.4, -0.2) is 15.7 Å². The highest BCUT2D eigenvalue weighted by molar-refractivity contribution is 6.04. The van der Waals surface area contributed by atoms with Gasteiger partial charge in [0.05, 0.1) is 17.4 Å². The molecule has 1 heterocycles. The van der Waals surface area contributed by atoms with E-state index in [0.29, 0.717) is 17.8 Å². The lowest BCUT2D eigenvalue weighted by atomic mass is 10.2. The van der Waals surface area contributed by atoms with Crippen molar-refractivity contribution in [3.8, 4) is 0 Å². The fraction of sp³-hybridized carbons (Fsp3) is 0.231. The Kier molecular flexibility index (Phi) is 3.59. The lowest BCUT2D eigenvalue weighted by Crippen LogP contribution is -2.14. The molecule has 1 aromatic carbocycles. The van der Waals surface area contributed by atoms with Gasteiger partial charge in [0.15, 0.2) is 0 Å². The van der Waals surface area contributed by atoms with Crippen LogP contribution in [0, 0.1) is 18.6 Å². The molecule has 1 amide bonds. The molecule has 1 aromatic heterocycles. The number of nitrogens with zero attached hydrogens (tertiary/aromatic N) is 2. The zero-order valence-corrected chi connectivity index (χ0v) is 10.6. The van der Waals surface area contributed by atoms with Crippen LogP contribution in [0.3, 0.4) is 0 Å². The summed E-state index contributed by atoms with van der Waals surface area (Å²) in [6.45, 7) is 4.27. The van der Waals surface area contributed by atoms with Gasteiger partial charge in [-0.15, -0.1) is 0 Å². The second-order valence-corrected chi connectivity index (χ2v) is 4.04. The number of aromatic nitrogens is 2. The number of rotatable bonds is 3. The van der Waals surface area contributed by atoms with E-state index in [-0.39, 0.29) is 5.69 Å². The summed E-state index contributed by atoms with van der Waals surface area (Å²) in [6.07, 6.45) is 1.41. The van der Waals surface area contributed by atoms with Crippen molar-refractivity contribution in [2.24, 2.45) is 0 Å². The zero-order chi connectivity index (χ0) is 14.0. The van der Waals surface area contributed by atoms with Crippen LogP contribution in [0.5, 0.6) is 0 Å². The number of halogens is 2. The summed E-state index contributed by atoms with van der Waals surface area (Å²) in [4.78, 5) is 12.0. The predicted molar refractivity (Wildman–Crippen MR) is 66.9 cm³/mol. The van der Waals surface area contributed by atoms with E-state index >= 15 is 0 Å². The van der Waals surface area contributed by atoms with E-state index in [2.05, 4.69) is 10.4 Å². The predicted octanol–water partition coefficient (Wildman–Crippen LogP) is 2.74. The van der Waals surface area contributed by atoms with Crippen LogP contribution in [0.25, 0.3) is 0 Å². The number of benzene rings is 1. The van der Waals surface area contributed by atoms with Crippen LogP contribution < -0.4 is 5.32 Å². The molecule has 6 heteroatoms. The first kappa shape index (κ1) is 13.2. The van der Waals surface area contributed by atoms with Crippen molar-refractivity contribution in [2.75, 3.05) is 5.32 Å². The Morgan fingerprint density at radius 1 is 1.42 bits per heavy atom. The van der Waals surface area contributed by atoms with Gasteiger partial charge in [-0.25, -0.2) is 8.78 Å². The van der Waals surface area contributed by atoms with Gasteiger partial charge in [0.2, 0.25) is 0 Å². The average Bonchev–Trinajstić information content (AvgIpc) is 2.75. The number of hydrogen-bond acceptors (Lipinski definition) is 2. The number of aryl methyl sites for hydroxylation is 1. The molecule has 0 atom stereocenters. The standard InChI is InChI=1S/C13H13F2N3O/c1-3-18-8(2)10(7-16-18)13(19)17-12-6-9(14)4-5-11(12)15/h4-7H,3H2,1-2H3,(H,17,19).